The first-order valence-corrected chi connectivity index (χ1v) is 10.1. The number of sulfone groups is 1. The summed E-state index contributed by atoms with van der Waals surface area (Å²) in [5.41, 5.74) is 2.36. The minimum Gasteiger partial charge on any atom is -0.352 e. The molecule has 2 fully saturated rings. The van der Waals surface area contributed by atoms with Crippen LogP contribution in [-0.2, 0) is 27.7 Å². The van der Waals surface area contributed by atoms with Crippen molar-refractivity contribution >= 4 is 15.7 Å². The van der Waals surface area contributed by atoms with E-state index in [0.29, 0.717) is 13.0 Å². The van der Waals surface area contributed by atoms with E-state index in [1.165, 1.54) is 18.4 Å². The number of nitrogens with zero attached hydrogens (tertiary/aromatic N) is 1. The topological polar surface area (TPSA) is 66.5 Å². The van der Waals surface area contributed by atoms with Gasteiger partial charge in [-0.1, -0.05) is 24.3 Å². The third-order valence-corrected chi connectivity index (χ3v) is 6.54. The maximum atomic E-state index is 12.2. The average Bonchev–Trinajstić information content (AvgIpc) is 3.15. The molecule has 2 saturated heterocycles. The van der Waals surface area contributed by atoms with E-state index in [2.05, 4.69) is 16.3 Å². The molecule has 6 heteroatoms. The molecule has 3 rings (SSSR count). The van der Waals surface area contributed by atoms with E-state index in [0.717, 1.165) is 25.2 Å². The van der Waals surface area contributed by atoms with Gasteiger partial charge in [0.05, 0.1) is 17.4 Å². The molecule has 1 aromatic rings. The van der Waals surface area contributed by atoms with Gasteiger partial charge in [-0.2, -0.15) is 0 Å². The number of benzene rings is 1. The summed E-state index contributed by atoms with van der Waals surface area (Å²) in [5, 5.41) is 2.92. The molecule has 1 aromatic carbocycles. The summed E-state index contributed by atoms with van der Waals surface area (Å²) in [7, 11) is -3.01. The number of carbonyl (C=O) groups is 1. The molecule has 0 saturated carbocycles. The quantitative estimate of drug-likeness (QED) is 0.881. The summed E-state index contributed by atoms with van der Waals surface area (Å²) < 4.78 is 23.0. The second-order valence-corrected chi connectivity index (χ2v) is 8.80. The summed E-state index contributed by atoms with van der Waals surface area (Å²) in [6, 6.07) is 8.16. The fraction of sp³-hybridized carbons (Fsp3) is 0.588. The monoisotopic (exact) mass is 336 g/mol. The van der Waals surface area contributed by atoms with Crippen molar-refractivity contribution < 1.29 is 13.2 Å². The minimum atomic E-state index is -3.01. The van der Waals surface area contributed by atoms with Crippen molar-refractivity contribution in [3.8, 4) is 0 Å². The Bertz CT molecular complexity index is 666. The molecule has 126 valence electrons. The predicted octanol–water partition coefficient (Wildman–Crippen LogP) is 1.33. The Hall–Kier alpha value is -1.40. The van der Waals surface area contributed by atoms with Gasteiger partial charge in [-0.25, -0.2) is 8.42 Å². The van der Waals surface area contributed by atoms with Crippen molar-refractivity contribution in [1.82, 2.24) is 10.2 Å². The Balaban J connectivity index is 1.58. The van der Waals surface area contributed by atoms with Crippen molar-refractivity contribution in [2.45, 2.75) is 32.4 Å². The van der Waals surface area contributed by atoms with Gasteiger partial charge in [-0.3, -0.25) is 9.69 Å². The lowest BCUT2D eigenvalue weighted by molar-refractivity contribution is -0.124. The van der Waals surface area contributed by atoms with Crippen LogP contribution < -0.4 is 5.32 Å². The van der Waals surface area contributed by atoms with Crippen LogP contribution in [0.25, 0.3) is 0 Å². The van der Waals surface area contributed by atoms with Gasteiger partial charge in [-0.05, 0) is 43.5 Å². The third-order valence-electron chi connectivity index (χ3n) is 4.77. The smallest absolute Gasteiger partial charge is 0.224 e. The van der Waals surface area contributed by atoms with Gasteiger partial charge in [-0.15, -0.1) is 0 Å². The highest BCUT2D eigenvalue weighted by Crippen LogP contribution is 2.19. The Kier molecular flexibility index (Phi) is 5.02. The molecule has 1 amide bonds. The van der Waals surface area contributed by atoms with Crippen molar-refractivity contribution in [2.24, 2.45) is 5.92 Å². The van der Waals surface area contributed by atoms with Crippen molar-refractivity contribution in [3.05, 3.63) is 35.4 Å². The first kappa shape index (κ1) is 16.5. The van der Waals surface area contributed by atoms with Crippen LogP contribution in [0.3, 0.4) is 0 Å². The molecule has 23 heavy (non-hydrogen) atoms. The zero-order chi connectivity index (χ0) is 16.3. The highest BCUT2D eigenvalue weighted by molar-refractivity contribution is 7.91. The number of amides is 1. The number of hydrogen-bond acceptors (Lipinski definition) is 4. The molecule has 5 nitrogen and oxygen atoms in total. The van der Waals surface area contributed by atoms with E-state index < -0.39 is 9.84 Å². The average molecular weight is 336 g/mol. The first-order valence-electron chi connectivity index (χ1n) is 8.31. The molecule has 0 bridgehead atoms. The number of carbonyl (C=O) groups excluding carboxylic acids is 1. The number of rotatable bonds is 5. The van der Waals surface area contributed by atoms with Crippen molar-refractivity contribution in [3.63, 3.8) is 0 Å². The Morgan fingerprint density at radius 3 is 2.52 bits per heavy atom. The van der Waals surface area contributed by atoms with Crippen LogP contribution in [0.15, 0.2) is 24.3 Å². The van der Waals surface area contributed by atoms with Gasteiger partial charge in [0.1, 0.15) is 0 Å². The van der Waals surface area contributed by atoms with Gasteiger partial charge in [0.2, 0.25) is 5.91 Å². The maximum absolute atomic E-state index is 12.2. The molecule has 2 heterocycles. The Morgan fingerprint density at radius 2 is 1.87 bits per heavy atom. The Morgan fingerprint density at radius 1 is 1.17 bits per heavy atom. The van der Waals surface area contributed by atoms with E-state index in [4.69, 9.17) is 0 Å². The molecule has 1 atom stereocenters. The van der Waals surface area contributed by atoms with Crippen LogP contribution in [0.5, 0.6) is 0 Å². The van der Waals surface area contributed by atoms with E-state index in [1.807, 2.05) is 18.2 Å². The second-order valence-electron chi connectivity index (χ2n) is 6.57. The lowest BCUT2D eigenvalue weighted by atomic mass is 10.1. The molecule has 0 radical (unpaired) electrons. The highest BCUT2D eigenvalue weighted by atomic mass is 32.2. The molecule has 1 N–H and O–H groups in total. The number of hydrogen-bond donors (Lipinski definition) is 1. The van der Waals surface area contributed by atoms with E-state index in [-0.39, 0.29) is 23.3 Å². The van der Waals surface area contributed by atoms with Crippen LogP contribution in [0.1, 0.15) is 30.4 Å². The molecule has 0 aliphatic carbocycles. The Labute approximate surface area is 138 Å². The normalized spacial score (nSPS) is 23.9. The fourth-order valence-corrected chi connectivity index (χ4v) is 5.14. The molecular formula is C17H24N2O3S. The molecule has 2 aliphatic rings. The zero-order valence-electron chi connectivity index (χ0n) is 13.3. The summed E-state index contributed by atoms with van der Waals surface area (Å²) in [4.78, 5) is 14.6. The van der Waals surface area contributed by atoms with Crippen LogP contribution in [0.4, 0.5) is 0 Å². The number of likely N-dealkylation sites (tertiary alicyclic amines) is 1. The van der Waals surface area contributed by atoms with Crippen molar-refractivity contribution in [2.75, 3.05) is 24.6 Å². The van der Waals surface area contributed by atoms with Crippen LogP contribution >= 0.6 is 0 Å². The van der Waals surface area contributed by atoms with Gasteiger partial charge in [0.25, 0.3) is 0 Å². The van der Waals surface area contributed by atoms with Gasteiger partial charge in [0.15, 0.2) is 9.84 Å². The second kappa shape index (κ2) is 7.01. The maximum Gasteiger partial charge on any atom is 0.224 e. The van der Waals surface area contributed by atoms with Crippen LogP contribution in [0.2, 0.25) is 0 Å². The molecular weight excluding hydrogens is 312 g/mol. The van der Waals surface area contributed by atoms with E-state index in [1.54, 1.807) is 0 Å². The summed E-state index contributed by atoms with van der Waals surface area (Å²) in [6.45, 7) is 3.67. The number of nitrogens with one attached hydrogen (secondary N) is 1. The van der Waals surface area contributed by atoms with E-state index >= 15 is 0 Å². The van der Waals surface area contributed by atoms with Crippen LogP contribution in [-0.4, -0.2) is 43.8 Å². The standard InChI is InChI=1S/C17H24N2O3S/c20-17(16-7-10-23(21,22)13-16)18-11-14-5-1-2-6-15(14)12-19-8-3-4-9-19/h1-2,5-6,16H,3-4,7-13H2,(H,18,20). The predicted molar refractivity (Wildman–Crippen MR) is 89.6 cm³/mol. The lowest BCUT2D eigenvalue weighted by Crippen LogP contribution is -2.31. The molecule has 2 aliphatic heterocycles. The largest absolute Gasteiger partial charge is 0.352 e. The van der Waals surface area contributed by atoms with Gasteiger partial charge < -0.3 is 5.32 Å². The zero-order valence-corrected chi connectivity index (χ0v) is 14.1. The first-order chi connectivity index (χ1) is 11.0. The summed E-state index contributed by atoms with van der Waals surface area (Å²) in [6.07, 6.45) is 2.97. The lowest BCUT2D eigenvalue weighted by Gasteiger charge is -2.18. The van der Waals surface area contributed by atoms with Crippen LogP contribution in [0, 0.1) is 5.92 Å². The molecule has 1 unspecified atom stereocenters. The summed E-state index contributed by atoms with van der Waals surface area (Å²) >= 11 is 0. The van der Waals surface area contributed by atoms with Gasteiger partial charge >= 0.3 is 0 Å². The van der Waals surface area contributed by atoms with E-state index in [9.17, 15) is 13.2 Å². The molecule has 0 spiro atoms. The SMILES string of the molecule is O=C(NCc1ccccc1CN1CCCC1)C1CCS(=O)(=O)C1. The molecule has 0 aromatic heterocycles. The minimum absolute atomic E-state index is 0.00570. The third kappa shape index (κ3) is 4.32. The van der Waals surface area contributed by atoms with Gasteiger partial charge in [0, 0.05) is 13.1 Å². The summed E-state index contributed by atoms with van der Waals surface area (Å²) in [5.74, 6) is -0.391. The fourth-order valence-electron chi connectivity index (χ4n) is 3.39. The highest BCUT2D eigenvalue weighted by Gasteiger charge is 2.32. The van der Waals surface area contributed by atoms with Crippen molar-refractivity contribution in [1.29, 1.82) is 0 Å².